The van der Waals surface area contributed by atoms with Crippen LogP contribution in [-0.2, 0) is 9.53 Å². The van der Waals surface area contributed by atoms with E-state index in [-0.39, 0.29) is 0 Å². The van der Waals surface area contributed by atoms with E-state index < -0.39 is 18.0 Å². The van der Waals surface area contributed by atoms with Crippen molar-refractivity contribution in [3.8, 4) is 11.3 Å². The third-order valence-corrected chi connectivity index (χ3v) is 6.60. The van der Waals surface area contributed by atoms with Gasteiger partial charge in [-0.25, -0.2) is 9.78 Å². The molecule has 0 saturated carbocycles. The number of anilines is 1. The van der Waals surface area contributed by atoms with Crippen molar-refractivity contribution in [2.75, 3.05) is 5.32 Å². The lowest BCUT2D eigenvalue weighted by Crippen LogP contribution is -2.26. The molecule has 5 nitrogen and oxygen atoms in total. The molecule has 0 aliphatic heterocycles. The van der Waals surface area contributed by atoms with Crippen LogP contribution in [0.3, 0.4) is 0 Å². The Morgan fingerprint density at radius 2 is 1.45 bits per heavy atom. The largest absolute Gasteiger partial charge is 0.444 e. The SMILES string of the molecule is Cc1ccc(C)c(NC(=O)C(OC(=O)c2c(C)c(-c3ccccc3)nc3ccccc23)c2ccccc2)c1. The molecule has 1 heterocycles. The van der Waals surface area contributed by atoms with Gasteiger partial charge in [0.15, 0.2) is 0 Å². The van der Waals surface area contributed by atoms with Gasteiger partial charge in [0.2, 0.25) is 6.10 Å². The van der Waals surface area contributed by atoms with Gasteiger partial charge in [-0.3, -0.25) is 4.79 Å². The molecule has 0 fully saturated rings. The molecule has 1 aromatic heterocycles. The lowest BCUT2D eigenvalue weighted by molar-refractivity contribution is -0.125. The fourth-order valence-corrected chi connectivity index (χ4v) is 4.58. The zero-order valence-corrected chi connectivity index (χ0v) is 21.6. The first-order chi connectivity index (χ1) is 18.4. The van der Waals surface area contributed by atoms with Gasteiger partial charge in [-0.15, -0.1) is 0 Å². The Hall–Kier alpha value is -4.77. The van der Waals surface area contributed by atoms with Crippen molar-refractivity contribution in [1.29, 1.82) is 0 Å². The summed E-state index contributed by atoms with van der Waals surface area (Å²) >= 11 is 0. The number of esters is 1. The van der Waals surface area contributed by atoms with Gasteiger partial charge in [-0.1, -0.05) is 91.0 Å². The zero-order valence-electron chi connectivity index (χ0n) is 21.6. The summed E-state index contributed by atoms with van der Waals surface area (Å²) in [6, 6.07) is 32.1. The maximum Gasteiger partial charge on any atom is 0.340 e. The van der Waals surface area contributed by atoms with Crippen molar-refractivity contribution in [3.05, 3.63) is 131 Å². The van der Waals surface area contributed by atoms with Gasteiger partial charge < -0.3 is 10.1 Å². The van der Waals surface area contributed by atoms with E-state index in [1.807, 2.05) is 112 Å². The van der Waals surface area contributed by atoms with Crippen molar-refractivity contribution >= 4 is 28.5 Å². The van der Waals surface area contributed by atoms with Crippen LogP contribution in [0.4, 0.5) is 5.69 Å². The number of pyridine rings is 1. The first-order valence-electron chi connectivity index (χ1n) is 12.5. The van der Waals surface area contributed by atoms with Gasteiger partial charge in [0.1, 0.15) is 0 Å². The number of aryl methyl sites for hydroxylation is 2. The number of hydrogen-bond donors (Lipinski definition) is 1. The summed E-state index contributed by atoms with van der Waals surface area (Å²) in [5, 5.41) is 3.64. The molecule has 4 aromatic carbocycles. The van der Waals surface area contributed by atoms with Crippen LogP contribution in [0.1, 0.15) is 38.7 Å². The molecule has 0 bridgehead atoms. The van der Waals surface area contributed by atoms with Crippen LogP contribution >= 0.6 is 0 Å². The van der Waals surface area contributed by atoms with Gasteiger partial charge in [0.05, 0.1) is 16.8 Å². The molecule has 0 radical (unpaired) electrons. The molecule has 1 atom stereocenters. The minimum Gasteiger partial charge on any atom is -0.444 e. The maximum absolute atomic E-state index is 13.9. The molecule has 0 spiro atoms. The predicted molar refractivity (Wildman–Crippen MR) is 151 cm³/mol. The van der Waals surface area contributed by atoms with Crippen molar-refractivity contribution in [2.45, 2.75) is 26.9 Å². The molecule has 0 aliphatic carbocycles. The molecule has 188 valence electrons. The number of aromatic nitrogens is 1. The van der Waals surface area contributed by atoms with E-state index in [1.165, 1.54) is 0 Å². The van der Waals surface area contributed by atoms with Crippen molar-refractivity contribution in [2.24, 2.45) is 0 Å². The van der Waals surface area contributed by atoms with E-state index in [2.05, 4.69) is 5.32 Å². The number of nitrogens with zero attached hydrogens (tertiary/aromatic N) is 1. The molecular formula is C33H28N2O3. The van der Waals surface area contributed by atoms with Gasteiger partial charge in [0, 0.05) is 22.2 Å². The maximum atomic E-state index is 13.9. The van der Waals surface area contributed by atoms with E-state index in [0.717, 1.165) is 16.7 Å². The minimum absolute atomic E-state index is 0.398. The van der Waals surface area contributed by atoms with Crippen LogP contribution in [-0.4, -0.2) is 16.9 Å². The van der Waals surface area contributed by atoms with E-state index in [1.54, 1.807) is 12.1 Å². The molecule has 38 heavy (non-hydrogen) atoms. The number of benzene rings is 4. The molecule has 1 unspecified atom stereocenters. The highest BCUT2D eigenvalue weighted by Gasteiger charge is 2.29. The average molecular weight is 501 g/mol. The predicted octanol–water partition coefficient (Wildman–Crippen LogP) is 7.36. The highest BCUT2D eigenvalue weighted by atomic mass is 16.5. The monoisotopic (exact) mass is 500 g/mol. The molecule has 5 rings (SSSR count). The summed E-state index contributed by atoms with van der Waals surface area (Å²) in [7, 11) is 0. The first-order valence-corrected chi connectivity index (χ1v) is 12.5. The summed E-state index contributed by atoms with van der Waals surface area (Å²) in [6.45, 7) is 5.76. The Bertz CT molecular complexity index is 1630. The molecule has 5 heteroatoms. The third-order valence-electron chi connectivity index (χ3n) is 6.60. The number of amides is 1. The number of hydrogen-bond acceptors (Lipinski definition) is 4. The second-order valence-electron chi connectivity index (χ2n) is 9.35. The first kappa shape index (κ1) is 24.9. The van der Waals surface area contributed by atoms with Crippen LogP contribution in [0.2, 0.25) is 0 Å². The molecule has 1 N–H and O–H groups in total. The standard InChI is InChI=1S/C33H28N2O3/c1-21-18-19-22(2)28(20-21)35-32(36)31(25-14-8-5-9-15-25)38-33(37)29-23(3)30(24-12-6-4-7-13-24)34-27-17-11-10-16-26(27)29/h4-20,31H,1-3H3,(H,35,36). The normalized spacial score (nSPS) is 11.7. The molecule has 0 aliphatic rings. The Labute approximate surface area is 222 Å². The number of carbonyl (C=O) groups excluding carboxylic acids is 2. The van der Waals surface area contributed by atoms with Gasteiger partial charge in [0.25, 0.3) is 5.91 Å². The Morgan fingerprint density at radius 3 is 2.18 bits per heavy atom. The van der Waals surface area contributed by atoms with Gasteiger partial charge in [-0.05, 0) is 49.6 Å². The minimum atomic E-state index is -1.14. The molecule has 1 amide bonds. The molecule has 0 saturated heterocycles. The lowest BCUT2D eigenvalue weighted by atomic mass is 9.97. The summed E-state index contributed by atoms with van der Waals surface area (Å²) in [5.74, 6) is -0.999. The highest BCUT2D eigenvalue weighted by molar-refractivity contribution is 6.07. The van der Waals surface area contributed by atoms with Crippen LogP contribution in [0, 0.1) is 20.8 Å². The summed E-state index contributed by atoms with van der Waals surface area (Å²) < 4.78 is 6.03. The van der Waals surface area contributed by atoms with E-state index >= 15 is 0 Å². The Kier molecular flexibility index (Phi) is 7.00. The summed E-state index contributed by atoms with van der Waals surface area (Å²) in [6.07, 6.45) is -1.14. The number of rotatable bonds is 6. The number of para-hydroxylation sites is 1. The van der Waals surface area contributed by atoms with Crippen LogP contribution in [0.5, 0.6) is 0 Å². The number of carbonyl (C=O) groups is 2. The fraction of sp³-hybridized carbons (Fsp3) is 0.121. The Balaban J connectivity index is 1.57. The van der Waals surface area contributed by atoms with Crippen LogP contribution in [0.15, 0.2) is 103 Å². The quantitative estimate of drug-likeness (QED) is 0.247. The highest BCUT2D eigenvalue weighted by Crippen LogP contribution is 2.32. The summed E-state index contributed by atoms with van der Waals surface area (Å²) in [5.41, 5.74) is 6.59. The van der Waals surface area contributed by atoms with Crippen LogP contribution < -0.4 is 5.32 Å². The average Bonchev–Trinajstić information content (AvgIpc) is 2.94. The topological polar surface area (TPSA) is 68.3 Å². The van der Waals surface area contributed by atoms with Gasteiger partial charge in [-0.2, -0.15) is 0 Å². The van der Waals surface area contributed by atoms with Crippen LogP contribution in [0.25, 0.3) is 22.2 Å². The van der Waals surface area contributed by atoms with Crippen molar-refractivity contribution in [3.63, 3.8) is 0 Å². The smallest absolute Gasteiger partial charge is 0.340 e. The molecular weight excluding hydrogens is 472 g/mol. The van der Waals surface area contributed by atoms with Gasteiger partial charge >= 0.3 is 5.97 Å². The second kappa shape index (κ2) is 10.7. The number of ether oxygens (including phenoxy) is 1. The fourth-order valence-electron chi connectivity index (χ4n) is 4.58. The van der Waals surface area contributed by atoms with E-state index in [9.17, 15) is 9.59 Å². The lowest BCUT2D eigenvalue weighted by Gasteiger charge is -2.21. The summed E-state index contributed by atoms with van der Waals surface area (Å²) in [4.78, 5) is 32.3. The Morgan fingerprint density at radius 1 is 0.789 bits per heavy atom. The number of nitrogens with one attached hydrogen (secondary N) is 1. The second-order valence-corrected chi connectivity index (χ2v) is 9.35. The van der Waals surface area contributed by atoms with E-state index in [4.69, 9.17) is 9.72 Å². The third kappa shape index (κ3) is 5.04. The van der Waals surface area contributed by atoms with Crippen molar-refractivity contribution in [1.82, 2.24) is 4.98 Å². The van der Waals surface area contributed by atoms with Crippen molar-refractivity contribution < 1.29 is 14.3 Å². The van der Waals surface area contributed by atoms with E-state index in [0.29, 0.717) is 39.0 Å². The molecule has 5 aromatic rings. The zero-order chi connectivity index (χ0) is 26.6. The number of fused-ring (bicyclic) bond motifs is 1.